The van der Waals surface area contributed by atoms with Gasteiger partial charge in [-0.2, -0.15) is 13.2 Å². The van der Waals surface area contributed by atoms with E-state index in [9.17, 15) is 33.0 Å². The van der Waals surface area contributed by atoms with Crippen molar-refractivity contribution in [2.75, 3.05) is 12.0 Å². The normalized spacial score (nSPS) is 17.6. The van der Waals surface area contributed by atoms with E-state index < -0.39 is 35.2 Å². The van der Waals surface area contributed by atoms with Crippen molar-refractivity contribution in [2.45, 2.75) is 12.2 Å². The number of nitrogens with zero attached hydrogens (tertiary/aromatic N) is 1. The molecule has 1 aliphatic rings. The highest BCUT2D eigenvalue weighted by molar-refractivity contribution is 6.51. The van der Waals surface area contributed by atoms with Crippen molar-refractivity contribution in [3.63, 3.8) is 0 Å². The lowest BCUT2D eigenvalue weighted by Gasteiger charge is -2.25. The smallest absolute Gasteiger partial charge is 0.416 e. The Kier molecular flexibility index (Phi) is 6.21. The van der Waals surface area contributed by atoms with E-state index in [-0.39, 0.29) is 27.6 Å². The van der Waals surface area contributed by atoms with Crippen molar-refractivity contribution in [3.8, 4) is 11.5 Å². The Morgan fingerprint density at radius 2 is 1.63 bits per heavy atom. The van der Waals surface area contributed by atoms with Crippen molar-refractivity contribution in [1.29, 1.82) is 0 Å². The molecule has 0 radical (unpaired) electrons. The zero-order valence-electron chi connectivity index (χ0n) is 18.0. The molecule has 1 aliphatic heterocycles. The fourth-order valence-electron chi connectivity index (χ4n) is 3.85. The van der Waals surface area contributed by atoms with Crippen LogP contribution in [0.3, 0.4) is 0 Å². The number of carbonyl (C=O) groups excluding carboxylic acids is 2. The van der Waals surface area contributed by atoms with Crippen LogP contribution in [0.1, 0.15) is 22.7 Å². The molecule has 1 saturated heterocycles. The number of aliphatic hydroxyl groups excluding tert-OH is 1. The van der Waals surface area contributed by atoms with Gasteiger partial charge in [0, 0.05) is 11.3 Å². The standard InChI is InChI=1S/C25H17ClF3NO5/c1-35-19-11-4-14(12-18(19)26)22(32)20-21(13-2-9-17(31)10-3-13)30(24(34)23(20)33)16-7-5-15(6-8-16)25(27,28)29/h2-12,21,31-32H,1H3/b22-20-. The SMILES string of the molecule is COc1ccc(/C(O)=C2/C(=O)C(=O)N(c3ccc(C(F)(F)F)cc3)C2c2ccc(O)cc2)cc1Cl. The maximum absolute atomic E-state index is 13.1. The van der Waals surface area contributed by atoms with E-state index in [0.717, 1.165) is 29.2 Å². The fraction of sp³-hybridized carbons (Fsp3) is 0.120. The van der Waals surface area contributed by atoms with Crippen molar-refractivity contribution < 1.29 is 37.7 Å². The number of hydrogen-bond acceptors (Lipinski definition) is 5. The summed E-state index contributed by atoms with van der Waals surface area (Å²) in [6.45, 7) is 0. The first kappa shape index (κ1) is 24.2. The third-order valence-electron chi connectivity index (χ3n) is 5.55. The van der Waals surface area contributed by atoms with Gasteiger partial charge in [-0.25, -0.2) is 0 Å². The molecular formula is C25H17ClF3NO5. The molecule has 1 atom stereocenters. The predicted molar refractivity (Wildman–Crippen MR) is 122 cm³/mol. The largest absolute Gasteiger partial charge is 0.508 e. The minimum atomic E-state index is -4.59. The zero-order valence-corrected chi connectivity index (χ0v) is 18.8. The topological polar surface area (TPSA) is 87.1 Å². The molecule has 2 N–H and O–H groups in total. The van der Waals surface area contributed by atoms with Crippen LogP contribution in [0.4, 0.5) is 18.9 Å². The van der Waals surface area contributed by atoms with E-state index in [0.29, 0.717) is 11.3 Å². The van der Waals surface area contributed by atoms with Crippen LogP contribution in [-0.2, 0) is 15.8 Å². The van der Waals surface area contributed by atoms with Crippen LogP contribution < -0.4 is 9.64 Å². The number of halogens is 4. The summed E-state index contributed by atoms with van der Waals surface area (Å²) in [5.41, 5.74) is -0.730. The van der Waals surface area contributed by atoms with Gasteiger partial charge in [-0.3, -0.25) is 14.5 Å². The van der Waals surface area contributed by atoms with Crippen LogP contribution in [0, 0.1) is 0 Å². The Bertz CT molecular complexity index is 1330. The van der Waals surface area contributed by atoms with Crippen molar-refractivity contribution >= 4 is 34.7 Å². The van der Waals surface area contributed by atoms with Gasteiger partial charge in [0.2, 0.25) is 0 Å². The first-order valence-corrected chi connectivity index (χ1v) is 10.5. The first-order valence-electron chi connectivity index (χ1n) is 10.1. The average Bonchev–Trinajstić information content (AvgIpc) is 3.09. The highest BCUT2D eigenvalue weighted by Crippen LogP contribution is 2.43. The molecule has 0 aliphatic carbocycles. The van der Waals surface area contributed by atoms with E-state index in [4.69, 9.17) is 16.3 Å². The van der Waals surface area contributed by atoms with Crippen LogP contribution in [0.2, 0.25) is 5.02 Å². The molecule has 1 amide bonds. The summed E-state index contributed by atoms with van der Waals surface area (Å²) in [6, 6.07) is 12.4. The third-order valence-corrected chi connectivity index (χ3v) is 5.85. The number of benzene rings is 3. The Morgan fingerprint density at radius 1 is 1.00 bits per heavy atom. The zero-order chi connectivity index (χ0) is 25.5. The molecule has 0 saturated carbocycles. The van der Waals surface area contributed by atoms with E-state index in [1.807, 2.05) is 0 Å². The van der Waals surface area contributed by atoms with Crippen molar-refractivity contribution in [2.24, 2.45) is 0 Å². The number of aliphatic hydroxyl groups is 1. The molecule has 1 fully saturated rings. The number of anilines is 1. The third kappa shape index (κ3) is 4.42. The quantitative estimate of drug-likeness (QED) is 0.271. The summed E-state index contributed by atoms with van der Waals surface area (Å²) in [7, 11) is 1.40. The minimum Gasteiger partial charge on any atom is -0.508 e. The lowest BCUT2D eigenvalue weighted by atomic mass is 9.95. The van der Waals surface area contributed by atoms with Gasteiger partial charge in [0.05, 0.1) is 29.3 Å². The first-order chi connectivity index (χ1) is 16.5. The number of rotatable bonds is 4. The number of Topliss-reactive ketones (excluding diaryl/α,β-unsaturated/α-hetero) is 1. The summed E-state index contributed by atoms with van der Waals surface area (Å²) in [5.74, 6) is -2.36. The van der Waals surface area contributed by atoms with Gasteiger partial charge < -0.3 is 14.9 Å². The molecular weight excluding hydrogens is 487 g/mol. The van der Waals surface area contributed by atoms with Gasteiger partial charge in [-0.15, -0.1) is 0 Å². The van der Waals surface area contributed by atoms with Crippen LogP contribution in [-0.4, -0.2) is 29.0 Å². The number of ether oxygens (including phenoxy) is 1. The molecule has 1 heterocycles. The monoisotopic (exact) mass is 503 g/mol. The molecule has 10 heteroatoms. The highest BCUT2D eigenvalue weighted by atomic mass is 35.5. The summed E-state index contributed by atoms with van der Waals surface area (Å²) < 4.78 is 44.2. The number of aromatic hydroxyl groups is 1. The number of carbonyl (C=O) groups is 2. The number of ketones is 1. The van der Waals surface area contributed by atoms with Gasteiger partial charge in [-0.05, 0) is 60.2 Å². The summed E-state index contributed by atoms with van der Waals surface area (Å²) in [4.78, 5) is 27.2. The number of phenols is 1. The van der Waals surface area contributed by atoms with E-state index in [1.54, 1.807) is 0 Å². The maximum atomic E-state index is 13.1. The minimum absolute atomic E-state index is 0.0185. The van der Waals surface area contributed by atoms with Gasteiger partial charge in [0.15, 0.2) is 0 Å². The molecule has 0 bridgehead atoms. The summed E-state index contributed by atoms with van der Waals surface area (Å²) >= 11 is 6.15. The van der Waals surface area contributed by atoms with Gasteiger partial charge >= 0.3 is 6.18 Å². The highest BCUT2D eigenvalue weighted by Gasteiger charge is 2.47. The molecule has 0 aromatic heterocycles. The molecule has 35 heavy (non-hydrogen) atoms. The van der Waals surface area contributed by atoms with Crippen LogP contribution >= 0.6 is 11.6 Å². The Balaban J connectivity index is 1.90. The van der Waals surface area contributed by atoms with Gasteiger partial charge in [0.25, 0.3) is 11.7 Å². The van der Waals surface area contributed by atoms with Crippen LogP contribution in [0.25, 0.3) is 5.76 Å². The molecule has 0 spiro atoms. The van der Waals surface area contributed by atoms with Crippen molar-refractivity contribution in [3.05, 3.63) is 94.0 Å². The fourth-order valence-corrected chi connectivity index (χ4v) is 4.11. The number of amides is 1. The van der Waals surface area contributed by atoms with E-state index >= 15 is 0 Å². The second-order valence-corrected chi connectivity index (χ2v) is 8.06. The van der Waals surface area contributed by atoms with Gasteiger partial charge in [0.1, 0.15) is 17.3 Å². The van der Waals surface area contributed by atoms with Crippen molar-refractivity contribution in [1.82, 2.24) is 0 Å². The Hall–Kier alpha value is -3.98. The lowest BCUT2D eigenvalue weighted by Crippen LogP contribution is -2.29. The maximum Gasteiger partial charge on any atom is 0.416 e. The average molecular weight is 504 g/mol. The molecule has 6 nitrogen and oxygen atoms in total. The van der Waals surface area contributed by atoms with Crippen LogP contribution in [0.5, 0.6) is 11.5 Å². The van der Waals surface area contributed by atoms with E-state index in [1.165, 1.54) is 49.6 Å². The molecule has 4 rings (SSSR count). The molecule has 1 unspecified atom stereocenters. The Morgan fingerprint density at radius 3 is 2.17 bits per heavy atom. The van der Waals surface area contributed by atoms with E-state index in [2.05, 4.69) is 0 Å². The Labute approximate surface area is 202 Å². The molecule has 3 aromatic rings. The second kappa shape index (κ2) is 8.99. The summed E-state index contributed by atoms with van der Waals surface area (Å²) in [5, 5.41) is 20.9. The predicted octanol–water partition coefficient (Wildman–Crippen LogP) is 5.70. The second-order valence-electron chi connectivity index (χ2n) is 7.65. The molecule has 180 valence electrons. The summed E-state index contributed by atoms with van der Waals surface area (Å²) in [6.07, 6.45) is -4.59. The number of phenolic OH excluding ortho intramolecular Hbond substituents is 1. The van der Waals surface area contributed by atoms with Crippen LogP contribution in [0.15, 0.2) is 72.3 Å². The number of hydrogen-bond donors (Lipinski definition) is 2. The lowest BCUT2D eigenvalue weighted by molar-refractivity contribution is -0.137. The molecule has 3 aromatic carbocycles. The van der Waals surface area contributed by atoms with Gasteiger partial charge in [-0.1, -0.05) is 23.7 Å². The number of methoxy groups -OCH3 is 1. The number of alkyl halides is 3.